The smallest absolute Gasteiger partial charge is 0.255 e. The zero-order valence-corrected chi connectivity index (χ0v) is 8.67. The molecule has 3 atom stereocenters. The molecule has 3 N–H and O–H groups in total. The van der Waals surface area contributed by atoms with Crippen LogP contribution in [0.1, 0.15) is 6.42 Å². The summed E-state index contributed by atoms with van der Waals surface area (Å²) in [6.07, 6.45) is 1.14. The van der Waals surface area contributed by atoms with Crippen LogP contribution < -0.4 is 5.32 Å². The van der Waals surface area contributed by atoms with Crippen LogP contribution in [0.15, 0.2) is 24.7 Å². The highest BCUT2D eigenvalue weighted by molar-refractivity contribution is 5.90. The van der Waals surface area contributed by atoms with Crippen molar-refractivity contribution in [3.05, 3.63) is 24.7 Å². The summed E-state index contributed by atoms with van der Waals surface area (Å²) >= 11 is 0. The van der Waals surface area contributed by atoms with Gasteiger partial charge in [-0.25, -0.2) is 0 Å². The summed E-state index contributed by atoms with van der Waals surface area (Å²) in [6, 6.07) is 0. The zero-order chi connectivity index (χ0) is 11.7. The Kier molecular flexibility index (Phi) is 2.95. The first-order valence-corrected chi connectivity index (χ1v) is 5.03. The van der Waals surface area contributed by atoms with Gasteiger partial charge in [-0.1, -0.05) is 6.58 Å². The highest BCUT2D eigenvalue weighted by Crippen LogP contribution is 2.26. The first-order chi connectivity index (χ1) is 7.63. The lowest BCUT2D eigenvalue weighted by atomic mass is 10.2. The van der Waals surface area contributed by atoms with Crippen LogP contribution in [0.5, 0.6) is 0 Å². The Hall–Kier alpha value is -1.37. The van der Waals surface area contributed by atoms with Crippen LogP contribution >= 0.6 is 0 Å². The van der Waals surface area contributed by atoms with Crippen LogP contribution in [0.4, 0.5) is 0 Å². The molecule has 6 heteroatoms. The average molecular weight is 226 g/mol. The molecule has 0 aromatic carbocycles. The Labute approximate surface area is 92.8 Å². The van der Waals surface area contributed by atoms with E-state index in [0.717, 1.165) is 0 Å². The predicted octanol–water partition coefficient (Wildman–Crippen LogP) is -1.13. The molecule has 2 aliphatic heterocycles. The largest absolute Gasteiger partial charge is 0.394 e. The summed E-state index contributed by atoms with van der Waals surface area (Å²) in [5.74, 6) is 0.155. The third-order valence-corrected chi connectivity index (χ3v) is 2.68. The minimum atomic E-state index is -0.762. The number of nitrogens with one attached hydrogen (secondary N) is 1. The van der Waals surface area contributed by atoms with Gasteiger partial charge in [0.15, 0.2) is 0 Å². The molecule has 16 heavy (non-hydrogen) atoms. The molecule has 2 aliphatic rings. The van der Waals surface area contributed by atoms with Gasteiger partial charge < -0.3 is 20.3 Å². The Balaban J connectivity index is 2.11. The SMILES string of the molecule is C=C1NC=CC(=O)N1[C@H]1CC(O)[C@@H](CO)O1. The van der Waals surface area contributed by atoms with E-state index in [1.807, 2.05) is 0 Å². The van der Waals surface area contributed by atoms with E-state index in [-0.39, 0.29) is 18.9 Å². The van der Waals surface area contributed by atoms with E-state index < -0.39 is 18.4 Å². The van der Waals surface area contributed by atoms with Gasteiger partial charge in [0.05, 0.1) is 12.7 Å². The summed E-state index contributed by atoms with van der Waals surface area (Å²) < 4.78 is 5.37. The van der Waals surface area contributed by atoms with Crippen LogP contribution in [-0.2, 0) is 9.53 Å². The number of aliphatic hydroxyl groups is 2. The first-order valence-electron chi connectivity index (χ1n) is 5.03. The minimum absolute atomic E-state index is 0.250. The molecule has 0 aliphatic carbocycles. The highest BCUT2D eigenvalue weighted by Gasteiger charge is 2.39. The highest BCUT2D eigenvalue weighted by atomic mass is 16.5. The van der Waals surface area contributed by atoms with Crippen molar-refractivity contribution >= 4 is 5.91 Å². The maximum absolute atomic E-state index is 11.6. The second-order valence-corrected chi connectivity index (χ2v) is 3.75. The van der Waals surface area contributed by atoms with Crippen molar-refractivity contribution in [3.8, 4) is 0 Å². The van der Waals surface area contributed by atoms with Crippen molar-refractivity contribution in [2.75, 3.05) is 6.61 Å². The molecule has 88 valence electrons. The Morgan fingerprint density at radius 1 is 1.69 bits per heavy atom. The molecular weight excluding hydrogens is 212 g/mol. The molecule has 0 aromatic rings. The Bertz CT molecular complexity index is 342. The fraction of sp³-hybridized carbons (Fsp3) is 0.500. The molecule has 2 rings (SSSR count). The first kappa shape index (κ1) is 11.1. The van der Waals surface area contributed by atoms with Crippen LogP contribution in [-0.4, -0.2) is 46.1 Å². The molecule has 1 saturated heterocycles. The lowest BCUT2D eigenvalue weighted by Gasteiger charge is -2.31. The molecule has 1 fully saturated rings. The Morgan fingerprint density at radius 3 is 3.00 bits per heavy atom. The number of rotatable bonds is 2. The van der Waals surface area contributed by atoms with Gasteiger partial charge in [-0.3, -0.25) is 9.69 Å². The molecular formula is C10H14N2O4. The molecule has 6 nitrogen and oxygen atoms in total. The fourth-order valence-corrected chi connectivity index (χ4v) is 1.85. The number of carbonyl (C=O) groups excluding carboxylic acids is 1. The monoisotopic (exact) mass is 226 g/mol. The van der Waals surface area contributed by atoms with Gasteiger partial charge in [0.25, 0.3) is 5.91 Å². The van der Waals surface area contributed by atoms with E-state index in [1.54, 1.807) is 0 Å². The number of hydrogen-bond acceptors (Lipinski definition) is 5. The summed E-state index contributed by atoms with van der Waals surface area (Å²) in [5, 5.41) is 21.3. The standard InChI is InChI=1S/C10H14N2O4/c1-6-11-3-2-9(15)12(6)10-4-7(14)8(5-13)16-10/h2-3,7-8,10-11,13-14H,1,4-5H2/t7?,8-,10-/m1/s1. The number of aliphatic hydroxyl groups excluding tert-OH is 2. The number of nitrogens with zero attached hydrogens (tertiary/aromatic N) is 1. The third-order valence-electron chi connectivity index (χ3n) is 2.68. The van der Waals surface area contributed by atoms with Gasteiger partial charge in [-0.05, 0) is 0 Å². The molecule has 2 heterocycles. The molecule has 0 radical (unpaired) electrons. The van der Waals surface area contributed by atoms with Gasteiger partial charge in [0.1, 0.15) is 18.2 Å². The van der Waals surface area contributed by atoms with Crippen LogP contribution in [0, 0.1) is 0 Å². The quantitative estimate of drug-likeness (QED) is 0.555. The molecule has 1 unspecified atom stereocenters. The number of amides is 1. The van der Waals surface area contributed by atoms with Crippen LogP contribution in [0.3, 0.4) is 0 Å². The normalized spacial score (nSPS) is 34.4. The number of carbonyl (C=O) groups is 1. The van der Waals surface area contributed by atoms with Crippen molar-refractivity contribution < 1.29 is 19.7 Å². The van der Waals surface area contributed by atoms with Gasteiger partial charge in [0.2, 0.25) is 0 Å². The van der Waals surface area contributed by atoms with Crippen LogP contribution in [0.2, 0.25) is 0 Å². The van der Waals surface area contributed by atoms with E-state index in [0.29, 0.717) is 5.82 Å². The molecule has 0 bridgehead atoms. The third kappa shape index (κ3) is 1.82. The maximum atomic E-state index is 11.6. The number of ether oxygens (including phenoxy) is 1. The molecule has 1 amide bonds. The van der Waals surface area contributed by atoms with Gasteiger partial charge in [0, 0.05) is 18.7 Å². The average Bonchev–Trinajstić information content (AvgIpc) is 2.59. The number of hydrogen-bond donors (Lipinski definition) is 3. The summed E-state index contributed by atoms with van der Waals surface area (Å²) in [7, 11) is 0. The van der Waals surface area contributed by atoms with Gasteiger partial charge >= 0.3 is 0 Å². The molecule has 0 aromatic heterocycles. The maximum Gasteiger partial charge on any atom is 0.255 e. The lowest BCUT2D eigenvalue weighted by Crippen LogP contribution is -2.44. The Morgan fingerprint density at radius 2 is 2.44 bits per heavy atom. The van der Waals surface area contributed by atoms with Gasteiger partial charge in [-0.15, -0.1) is 0 Å². The van der Waals surface area contributed by atoms with Crippen molar-refractivity contribution in [2.24, 2.45) is 0 Å². The summed E-state index contributed by atoms with van der Waals surface area (Å²) in [4.78, 5) is 12.9. The van der Waals surface area contributed by atoms with Crippen molar-refractivity contribution in [3.63, 3.8) is 0 Å². The van der Waals surface area contributed by atoms with E-state index in [2.05, 4.69) is 11.9 Å². The van der Waals surface area contributed by atoms with Crippen LogP contribution in [0.25, 0.3) is 0 Å². The minimum Gasteiger partial charge on any atom is -0.394 e. The van der Waals surface area contributed by atoms with Gasteiger partial charge in [-0.2, -0.15) is 0 Å². The van der Waals surface area contributed by atoms with E-state index in [1.165, 1.54) is 17.2 Å². The van der Waals surface area contributed by atoms with Crippen molar-refractivity contribution in [1.82, 2.24) is 10.2 Å². The molecule has 0 spiro atoms. The van der Waals surface area contributed by atoms with Crippen molar-refractivity contribution in [2.45, 2.75) is 24.9 Å². The van der Waals surface area contributed by atoms with Crippen molar-refractivity contribution in [1.29, 1.82) is 0 Å². The second-order valence-electron chi connectivity index (χ2n) is 3.75. The predicted molar refractivity (Wildman–Crippen MR) is 54.6 cm³/mol. The molecule has 0 saturated carbocycles. The zero-order valence-electron chi connectivity index (χ0n) is 8.67. The summed E-state index contributed by atoms with van der Waals surface area (Å²) in [5.41, 5.74) is 0. The second kappa shape index (κ2) is 4.25. The lowest BCUT2D eigenvalue weighted by molar-refractivity contribution is -0.138. The summed E-state index contributed by atoms with van der Waals surface area (Å²) in [6.45, 7) is 3.42. The topological polar surface area (TPSA) is 82.0 Å². The van der Waals surface area contributed by atoms with E-state index >= 15 is 0 Å². The fourth-order valence-electron chi connectivity index (χ4n) is 1.85. The van der Waals surface area contributed by atoms with E-state index in [4.69, 9.17) is 9.84 Å². The van der Waals surface area contributed by atoms with E-state index in [9.17, 15) is 9.90 Å².